The highest BCUT2D eigenvalue weighted by Crippen LogP contribution is 2.02. The monoisotopic (exact) mass is 141 g/mol. The summed E-state index contributed by atoms with van der Waals surface area (Å²) < 4.78 is 0. The van der Waals surface area contributed by atoms with Gasteiger partial charge in [0, 0.05) is 12.8 Å². The van der Waals surface area contributed by atoms with Gasteiger partial charge in [-0.2, -0.15) is 0 Å². The topological polar surface area (TPSA) is 17.1 Å². The predicted molar refractivity (Wildman–Crippen MR) is 43.7 cm³/mol. The smallest absolute Gasteiger partial charge is 0.133 e. The quantitative estimate of drug-likeness (QED) is 0.520. The average molecular weight is 141 g/mol. The van der Waals surface area contributed by atoms with Crippen LogP contribution in [0.25, 0.3) is 0 Å². The molecule has 0 rings (SSSR count). The van der Waals surface area contributed by atoms with Gasteiger partial charge in [-0.05, 0) is 12.8 Å². The zero-order valence-corrected chi connectivity index (χ0v) is 7.02. The number of Topliss-reactive ketones (excluding diaryl/α,β-unsaturated/α-hetero) is 1. The molecule has 0 atom stereocenters. The van der Waals surface area contributed by atoms with E-state index in [9.17, 15) is 4.79 Å². The SMILES string of the molecule is C[CH]CC(=O)CCCCC. The van der Waals surface area contributed by atoms with Crippen LogP contribution in [0, 0.1) is 6.42 Å². The lowest BCUT2D eigenvalue weighted by atomic mass is 10.1. The Labute approximate surface area is 63.8 Å². The maximum Gasteiger partial charge on any atom is 0.133 e. The van der Waals surface area contributed by atoms with Gasteiger partial charge in [0.15, 0.2) is 0 Å². The summed E-state index contributed by atoms with van der Waals surface area (Å²) in [6, 6.07) is 0. The van der Waals surface area contributed by atoms with Gasteiger partial charge in [0.05, 0.1) is 0 Å². The van der Waals surface area contributed by atoms with Crippen LogP contribution in [-0.2, 0) is 4.79 Å². The van der Waals surface area contributed by atoms with Crippen molar-refractivity contribution in [1.29, 1.82) is 0 Å². The van der Waals surface area contributed by atoms with E-state index < -0.39 is 0 Å². The third kappa shape index (κ3) is 5.80. The molecule has 0 N–H and O–H groups in total. The van der Waals surface area contributed by atoms with Crippen LogP contribution in [0.15, 0.2) is 0 Å². The first kappa shape index (κ1) is 9.67. The highest BCUT2D eigenvalue weighted by Gasteiger charge is 1.97. The van der Waals surface area contributed by atoms with Crippen molar-refractivity contribution in [2.45, 2.75) is 46.0 Å². The summed E-state index contributed by atoms with van der Waals surface area (Å²) in [5, 5.41) is 0. The third-order valence-electron chi connectivity index (χ3n) is 1.49. The maximum atomic E-state index is 10.9. The standard InChI is InChI=1S/C9H17O/c1-3-5-6-8-9(10)7-4-2/h4H,3,5-8H2,1-2H3. The number of hydrogen-bond donors (Lipinski definition) is 0. The van der Waals surface area contributed by atoms with Crippen LogP contribution >= 0.6 is 0 Å². The number of carbonyl (C=O) groups is 1. The fraction of sp³-hybridized carbons (Fsp3) is 0.778. The Morgan fingerprint density at radius 1 is 1.40 bits per heavy atom. The summed E-state index contributed by atoms with van der Waals surface area (Å²) in [6.07, 6.45) is 6.82. The predicted octanol–water partition coefficient (Wildman–Crippen LogP) is 2.75. The van der Waals surface area contributed by atoms with Crippen LogP contribution in [0.1, 0.15) is 46.0 Å². The van der Waals surface area contributed by atoms with Gasteiger partial charge in [0.1, 0.15) is 5.78 Å². The summed E-state index contributed by atoms with van der Waals surface area (Å²) >= 11 is 0. The van der Waals surface area contributed by atoms with Crippen molar-refractivity contribution in [1.82, 2.24) is 0 Å². The number of ketones is 1. The van der Waals surface area contributed by atoms with E-state index >= 15 is 0 Å². The Morgan fingerprint density at radius 3 is 2.60 bits per heavy atom. The minimum Gasteiger partial charge on any atom is -0.300 e. The molecule has 1 heteroatoms. The minimum atomic E-state index is 0.385. The van der Waals surface area contributed by atoms with E-state index in [4.69, 9.17) is 0 Å². The Morgan fingerprint density at radius 2 is 2.10 bits per heavy atom. The van der Waals surface area contributed by atoms with Crippen molar-refractivity contribution in [2.24, 2.45) is 0 Å². The molecule has 1 nitrogen and oxygen atoms in total. The zero-order valence-electron chi connectivity index (χ0n) is 7.02. The number of unbranched alkanes of at least 4 members (excludes halogenated alkanes) is 2. The first-order chi connectivity index (χ1) is 4.81. The molecule has 0 fully saturated rings. The second-order valence-electron chi connectivity index (χ2n) is 2.61. The Kier molecular flexibility index (Phi) is 6.56. The van der Waals surface area contributed by atoms with Crippen molar-refractivity contribution >= 4 is 5.78 Å². The lowest BCUT2D eigenvalue weighted by Crippen LogP contribution is -1.95. The fourth-order valence-corrected chi connectivity index (χ4v) is 0.902. The van der Waals surface area contributed by atoms with Crippen LogP contribution in [0.5, 0.6) is 0 Å². The van der Waals surface area contributed by atoms with Crippen molar-refractivity contribution in [3.05, 3.63) is 6.42 Å². The van der Waals surface area contributed by atoms with Crippen molar-refractivity contribution in [2.75, 3.05) is 0 Å². The maximum absolute atomic E-state index is 10.9. The van der Waals surface area contributed by atoms with E-state index in [2.05, 4.69) is 6.92 Å². The van der Waals surface area contributed by atoms with E-state index in [0.29, 0.717) is 12.2 Å². The van der Waals surface area contributed by atoms with E-state index in [0.717, 1.165) is 12.8 Å². The second-order valence-corrected chi connectivity index (χ2v) is 2.61. The van der Waals surface area contributed by atoms with Crippen molar-refractivity contribution < 1.29 is 4.79 Å². The van der Waals surface area contributed by atoms with Crippen molar-refractivity contribution in [3.8, 4) is 0 Å². The lowest BCUT2D eigenvalue weighted by molar-refractivity contribution is -0.118. The minimum absolute atomic E-state index is 0.385. The van der Waals surface area contributed by atoms with Gasteiger partial charge < -0.3 is 0 Å². The summed E-state index contributed by atoms with van der Waals surface area (Å²) in [6.45, 7) is 4.08. The molecule has 0 aliphatic carbocycles. The van der Waals surface area contributed by atoms with Gasteiger partial charge >= 0.3 is 0 Å². The van der Waals surface area contributed by atoms with Crippen LogP contribution in [0.3, 0.4) is 0 Å². The van der Waals surface area contributed by atoms with Crippen LogP contribution < -0.4 is 0 Å². The molecule has 10 heavy (non-hydrogen) atoms. The Hall–Kier alpha value is -0.330. The molecule has 0 bridgehead atoms. The Bertz CT molecular complexity index is 86.7. The molecular weight excluding hydrogens is 124 g/mol. The van der Waals surface area contributed by atoms with E-state index in [-0.39, 0.29) is 0 Å². The number of carbonyl (C=O) groups excluding carboxylic acids is 1. The zero-order chi connectivity index (χ0) is 7.82. The van der Waals surface area contributed by atoms with Crippen molar-refractivity contribution in [3.63, 3.8) is 0 Å². The first-order valence-corrected chi connectivity index (χ1v) is 4.10. The number of rotatable bonds is 6. The summed E-state index contributed by atoms with van der Waals surface area (Å²) in [7, 11) is 0. The Balaban J connectivity index is 3.05. The van der Waals surface area contributed by atoms with Gasteiger partial charge in [0.2, 0.25) is 0 Å². The largest absolute Gasteiger partial charge is 0.300 e. The molecule has 59 valence electrons. The molecule has 1 radical (unpaired) electrons. The third-order valence-corrected chi connectivity index (χ3v) is 1.49. The molecule has 0 amide bonds. The highest BCUT2D eigenvalue weighted by molar-refractivity contribution is 5.79. The second kappa shape index (κ2) is 6.79. The normalized spacial score (nSPS) is 9.80. The molecule has 0 heterocycles. The molecule has 0 aromatic heterocycles. The van der Waals surface area contributed by atoms with Crippen LogP contribution in [-0.4, -0.2) is 5.78 Å². The van der Waals surface area contributed by atoms with E-state index in [1.807, 2.05) is 13.3 Å². The summed E-state index contributed by atoms with van der Waals surface area (Å²) in [5.74, 6) is 0.385. The highest BCUT2D eigenvalue weighted by atomic mass is 16.1. The van der Waals surface area contributed by atoms with Gasteiger partial charge in [-0.3, -0.25) is 4.79 Å². The molecule has 0 aromatic rings. The molecular formula is C9H17O. The molecule has 0 aromatic carbocycles. The molecule has 0 unspecified atom stereocenters. The molecule has 0 aliphatic rings. The van der Waals surface area contributed by atoms with Crippen LogP contribution in [0.2, 0.25) is 0 Å². The van der Waals surface area contributed by atoms with E-state index in [1.54, 1.807) is 0 Å². The van der Waals surface area contributed by atoms with Crippen LogP contribution in [0.4, 0.5) is 0 Å². The van der Waals surface area contributed by atoms with Gasteiger partial charge in [0.25, 0.3) is 0 Å². The molecule has 0 aliphatic heterocycles. The fourth-order valence-electron chi connectivity index (χ4n) is 0.902. The summed E-state index contributed by atoms with van der Waals surface area (Å²) in [4.78, 5) is 10.9. The summed E-state index contributed by atoms with van der Waals surface area (Å²) in [5.41, 5.74) is 0. The number of hydrogen-bond acceptors (Lipinski definition) is 1. The average Bonchev–Trinajstić information content (AvgIpc) is 1.89. The molecule has 0 spiro atoms. The van der Waals surface area contributed by atoms with Gasteiger partial charge in [-0.25, -0.2) is 0 Å². The van der Waals surface area contributed by atoms with Gasteiger partial charge in [-0.15, -0.1) is 0 Å². The molecule has 0 saturated carbocycles. The first-order valence-electron chi connectivity index (χ1n) is 4.10. The van der Waals surface area contributed by atoms with Gasteiger partial charge in [-0.1, -0.05) is 26.7 Å². The lowest BCUT2D eigenvalue weighted by Gasteiger charge is -1.95. The van der Waals surface area contributed by atoms with E-state index in [1.165, 1.54) is 12.8 Å². The molecule has 0 saturated heterocycles.